The van der Waals surface area contributed by atoms with Gasteiger partial charge in [-0.15, -0.1) is 0 Å². The summed E-state index contributed by atoms with van der Waals surface area (Å²) in [5.74, 6) is -2.27. The van der Waals surface area contributed by atoms with Crippen molar-refractivity contribution in [2.24, 2.45) is 0 Å². The number of carboxylic acid groups (broad SMARTS) is 3. The number of hydrogen-bond acceptors (Lipinski definition) is 14. The summed E-state index contributed by atoms with van der Waals surface area (Å²) in [5, 5.41) is 47.2. The lowest BCUT2D eigenvalue weighted by Gasteiger charge is -2.45. The van der Waals surface area contributed by atoms with E-state index in [0.29, 0.717) is 112 Å². The van der Waals surface area contributed by atoms with E-state index < -0.39 is 24.1 Å². The molecule has 2 fully saturated rings. The standard InChI is InChI=1S/C47H80FN13O7/c1-9-33-24-58(28-40(63)64)35(11-3)26-60(30-42(67)68)36(12-4)25-59(29-41(65)66)34(10-2)23-57(33)27-39(62)51-19-16-14-15-18-50-21-38(37(49)13-5)53-44-43-45(61(31-52-43)47(6,7)8)55-46(54-44)56-20-17-32(48)22-56/h21,31-36,49-50H,9-20,22-30H2,1-8H3,(H,51,62)(H,63,64)(H,65,66)(H,67,68)(H,53,54,55)/p+1/b38-21+,49-37?/t32-,33-,34-,35-,36-/m0/s1. The van der Waals surface area contributed by atoms with Crippen molar-refractivity contribution in [1.82, 2.24) is 44.4 Å². The average molecular weight is 959 g/mol. The quantitative estimate of drug-likeness (QED) is 0.0589. The monoisotopic (exact) mass is 959 g/mol. The SMILES string of the molecule is CCC(=N)/C(=C\[NH2+]CCCCCNC(=O)CN1C[C@H](CC)N(CC(=O)O)C[C@H](CC)N(CC(=O)O)C[C@H](CC)N(CC(=O)O)C[C@@H]1CC)Nc1nc(N2CC[C@H](F)C2)nc2c1ncn2C(C)(C)C. The number of nitrogens with one attached hydrogen (secondary N) is 3. The highest BCUT2D eigenvalue weighted by Crippen LogP contribution is 2.29. The first kappa shape index (κ1) is 55.8. The number of alkyl halides is 1. The van der Waals surface area contributed by atoms with E-state index in [2.05, 4.69) is 41.3 Å². The molecule has 4 heterocycles. The zero-order valence-corrected chi connectivity index (χ0v) is 41.8. The van der Waals surface area contributed by atoms with Crippen LogP contribution in [0.4, 0.5) is 16.2 Å². The van der Waals surface area contributed by atoms with Gasteiger partial charge < -0.3 is 46.1 Å². The van der Waals surface area contributed by atoms with Crippen LogP contribution in [0.25, 0.3) is 11.2 Å². The molecule has 2 aromatic rings. The molecule has 21 heteroatoms. The number of amides is 1. The smallest absolute Gasteiger partial charge is 0.317 e. The third-order valence-electron chi connectivity index (χ3n) is 13.2. The van der Waals surface area contributed by atoms with Crippen molar-refractivity contribution in [2.45, 2.75) is 149 Å². The molecule has 2 aliphatic rings. The molecule has 0 bridgehead atoms. The number of imidazole rings is 1. The van der Waals surface area contributed by atoms with Crippen LogP contribution in [0.15, 0.2) is 18.2 Å². The number of aliphatic carboxylic acids is 3. The number of rotatable bonds is 24. The second-order valence-electron chi connectivity index (χ2n) is 19.3. The van der Waals surface area contributed by atoms with Crippen molar-refractivity contribution in [3.63, 3.8) is 0 Å². The minimum Gasteiger partial charge on any atom is -0.480 e. The summed E-state index contributed by atoms with van der Waals surface area (Å²) in [5.41, 5.74) is 1.87. The summed E-state index contributed by atoms with van der Waals surface area (Å²) in [6, 6.07) is -1.09. The number of halogens is 1. The van der Waals surface area contributed by atoms with Crippen LogP contribution >= 0.6 is 0 Å². The number of hydrogen-bond donors (Lipinski definition) is 7. The van der Waals surface area contributed by atoms with Crippen LogP contribution in [0.5, 0.6) is 0 Å². The fraction of sp³-hybridized carbons (Fsp3) is 0.745. The second-order valence-corrected chi connectivity index (χ2v) is 19.3. The van der Waals surface area contributed by atoms with Crippen molar-refractivity contribution in [2.75, 3.05) is 88.8 Å². The Morgan fingerprint density at radius 2 is 1.29 bits per heavy atom. The molecule has 0 unspecified atom stereocenters. The molecule has 68 heavy (non-hydrogen) atoms. The van der Waals surface area contributed by atoms with Gasteiger partial charge in [-0.3, -0.25) is 38.8 Å². The average Bonchev–Trinajstić information content (AvgIpc) is 3.93. The van der Waals surface area contributed by atoms with E-state index in [1.807, 2.05) is 70.3 Å². The summed E-state index contributed by atoms with van der Waals surface area (Å²) >= 11 is 0. The molecule has 0 saturated carbocycles. The number of carboxylic acids is 3. The zero-order chi connectivity index (χ0) is 50.1. The Kier molecular flexibility index (Phi) is 22.0. The van der Waals surface area contributed by atoms with Gasteiger partial charge in [0.25, 0.3) is 0 Å². The first-order chi connectivity index (χ1) is 32.3. The number of carbonyl (C=O) groups excluding carboxylic acids is 1. The van der Waals surface area contributed by atoms with E-state index >= 15 is 0 Å². The van der Waals surface area contributed by atoms with E-state index in [4.69, 9.17) is 15.4 Å². The van der Waals surface area contributed by atoms with Gasteiger partial charge >= 0.3 is 17.9 Å². The molecule has 4 rings (SSSR count). The van der Waals surface area contributed by atoms with Gasteiger partial charge in [-0.1, -0.05) is 34.6 Å². The number of unbranched alkanes of at least 4 members (excludes halogenated alkanes) is 2. The number of nitrogens with zero attached hydrogens (tertiary/aromatic N) is 9. The molecule has 1 amide bonds. The molecule has 0 radical (unpaired) electrons. The molecule has 2 aliphatic heterocycles. The Labute approximate surface area is 401 Å². The number of nitrogens with two attached hydrogens (primary N) is 1. The molecule has 0 aliphatic carbocycles. The van der Waals surface area contributed by atoms with Crippen molar-refractivity contribution in [1.29, 1.82) is 5.41 Å². The molecular formula is C47H81FN13O7+. The van der Waals surface area contributed by atoms with E-state index in [-0.39, 0.29) is 68.3 Å². The lowest BCUT2D eigenvalue weighted by atomic mass is 10.0. The lowest BCUT2D eigenvalue weighted by molar-refractivity contribution is -0.588. The predicted octanol–water partition coefficient (Wildman–Crippen LogP) is 3.25. The van der Waals surface area contributed by atoms with Gasteiger partial charge in [-0.25, -0.2) is 9.37 Å². The molecule has 382 valence electrons. The number of quaternary nitrogens is 1. The Bertz CT molecular complexity index is 2000. The molecule has 20 nitrogen and oxygen atoms in total. The lowest BCUT2D eigenvalue weighted by Crippen LogP contribution is -2.78. The largest absolute Gasteiger partial charge is 0.480 e. The van der Waals surface area contributed by atoms with E-state index in [1.54, 1.807) is 6.33 Å². The van der Waals surface area contributed by atoms with Crippen molar-refractivity contribution < 1.29 is 44.2 Å². The van der Waals surface area contributed by atoms with Crippen LogP contribution in [0.3, 0.4) is 0 Å². The van der Waals surface area contributed by atoms with Gasteiger partial charge in [0.1, 0.15) is 18.1 Å². The maximum absolute atomic E-state index is 14.3. The number of carbonyl (C=O) groups is 4. The summed E-state index contributed by atoms with van der Waals surface area (Å²) in [7, 11) is 0. The van der Waals surface area contributed by atoms with Crippen LogP contribution < -0.4 is 20.9 Å². The summed E-state index contributed by atoms with van der Waals surface area (Å²) in [6.45, 7) is 18.6. The first-order valence-electron chi connectivity index (χ1n) is 24.7. The Balaban J connectivity index is 1.42. The number of aromatic nitrogens is 4. The van der Waals surface area contributed by atoms with Crippen molar-refractivity contribution in [3.8, 4) is 0 Å². The molecule has 0 spiro atoms. The van der Waals surface area contributed by atoms with E-state index in [0.717, 1.165) is 25.8 Å². The summed E-state index contributed by atoms with van der Waals surface area (Å²) in [6.07, 6.45) is 8.36. The molecule has 2 aromatic heterocycles. The van der Waals surface area contributed by atoms with E-state index in [1.165, 1.54) is 0 Å². The fourth-order valence-corrected chi connectivity index (χ4v) is 9.26. The Morgan fingerprint density at radius 1 is 0.779 bits per heavy atom. The fourth-order valence-electron chi connectivity index (χ4n) is 9.26. The van der Waals surface area contributed by atoms with Crippen LogP contribution in [0.1, 0.15) is 113 Å². The number of fused-ring (bicyclic) bond motifs is 1. The maximum Gasteiger partial charge on any atom is 0.317 e. The normalized spacial score (nSPS) is 22.2. The third-order valence-corrected chi connectivity index (χ3v) is 13.2. The van der Waals surface area contributed by atoms with Crippen LogP contribution in [-0.2, 0) is 24.7 Å². The third kappa shape index (κ3) is 16.4. The molecular weight excluding hydrogens is 878 g/mol. The van der Waals surface area contributed by atoms with Crippen LogP contribution in [-0.4, -0.2) is 193 Å². The molecule has 2 saturated heterocycles. The van der Waals surface area contributed by atoms with Crippen molar-refractivity contribution in [3.05, 3.63) is 18.2 Å². The Hall–Kier alpha value is -4.83. The minimum absolute atomic E-state index is 0.0543. The summed E-state index contributed by atoms with van der Waals surface area (Å²) < 4.78 is 16.2. The topological polar surface area (TPSA) is 253 Å². The number of allylic oxidation sites excluding steroid dienone is 1. The minimum atomic E-state index is -1.00. The van der Waals surface area contributed by atoms with Crippen molar-refractivity contribution >= 4 is 52.5 Å². The second kappa shape index (κ2) is 26.8. The number of anilines is 2. The highest BCUT2D eigenvalue weighted by atomic mass is 19.1. The van der Waals surface area contributed by atoms with Gasteiger partial charge in [0.2, 0.25) is 11.9 Å². The van der Waals surface area contributed by atoms with Crippen LogP contribution in [0.2, 0.25) is 0 Å². The first-order valence-corrected chi connectivity index (χ1v) is 24.7. The van der Waals surface area contributed by atoms with Gasteiger partial charge in [-0.2, -0.15) is 9.97 Å². The highest BCUT2D eigenvalue weighted by Gasteiger charge is 2.35. The molecule has 8 N–H and O–H groups in total. The Morgan fingerprint density at radius 3 is 1.74 bits per heavy atom. The van der Waals surface area contributed by atoms with Gasteiger partial charge in [0.05, 0.1) is 51.3 Å². The zero-order valence-electron chi connectivity index (χ0n) is 41.8. The highest BCUT2D eigenvalue weighted by molar-refractivity contribution is 6.01. The maximum atomic E-state index is 14.3. The predicted molar refractivity (Wildman–Crippen MR) is 261 cm³/mol. The van der Waals surface area contributed by atoms with Crippen LogP contribution in [0, 0.1) is 5.41 Å². The van der Waals surface area contributed by atoms with Gasteiger partial charge in [0.15, 0.2) is 17.0 Å². The van der Waals surface area contributed by atoms with E-state index in [9.17, 15) is 38.9 Å². The summed E-state index contributed by atoms with van der Waals surface area (Å²) in [4.78, 5) is 74.2. The molecule has 5 atom stereocenters. The van der Waals surface area contributed by atoms with Gasteiger partial charge in [-0.05, 0) is 78.6 Å². The van der Waals surface area contributed by atoms with Gasteiger partial charge in [0, 0.05) is 69.0 Å². The molecule has 0 aromatic carbocycles.